The van der Waals surface area contributed by atoms with Gasteiger partial charge in [-0.3, -0.25) is 19.3 Å². The number of fused-ring (bicyclic) bond motifs is 1. The number of hydrogen-bond donors (Lipinski definition) is 2. The van der Waals surface area contributed by atoms with Gasteiger partial charge in [0.1, 0.15) is 5.56 Å². The fraction of sp³-hybridized carbons (Fsp3) is 0.458. The largest absolute Gasteiger partial charge is 0.348 e. The van der Waals surface area contributed by atoms with E-state index >= 15 is 0 Å². The SMILES string of the molecule is CC1(C)CC(=O)c2cc(C(=O)NCc3ccccc3CN3CCCC3)c(=O)[nH]c2C1. The molecule has 2 aliphatic rings. The minimum absolute atomic E-state index is 0.00108. The second-order valence-corrected chi connectivity index (χ2v) is 9.28. The molecule has 1 aromatic carbocycles. The van der Waals surface area contributed by atoms with Gasteiger partial charge in [0.15, 0.2) is 5.78 Å². The van der Waals surface area contributed by atoms with E-state index in [2.05, 4.69) is 21.3 Å². The van der Waals surface area contributed by atoms with Crippen molar-refractivity contribution in [3.05, 3.63) is 68.6 Å². The highest BCUT2D eigenvalue weighted by Gasteiger charge is 2.32. The number of likely N-dealkylation sites (tertiary alicyclic amines) is 1. The summed E-state index contributed by atoms with van der Waals surface area (Å²) in [5.74, 6) is -0.477. The highest BCUT2D eigenvalue weighted by atomic mass is 16.2. The Morgan fingerprint density at radius 1 is 1.10 bits per heavy atom. The predicted octanol–water partition coefficient (Wildman–Crippen LogP) is 3.06. The van der Waals surface area contributed by atoms with Crippen LogP contribution < -0.4 is 10.9 Å². The zero-order chi connectivity index (χ0) is 21.3. The Labute approximate surface area is 176 Å². The van der Waals surface area contributed by atoms with Gasteiger partial charge in [-0.2, -0.15) is 0 Å². The molecule has 4 rings (SSSR count). The zero-order valence-corrected chi connectivity index (χ0v) is 17.7. The van der Waals surface area contributed by atoms with E-state index in [1.54, 1.807) is 0 Å². The highest BCUT2D eigenvalue weighted by molar-refractivity contribution is 6.02. The van der Waals surface area contributed by atoms with E-state index in [9.17, 15) is 14.4 Å². The van der Waals surface area contributed by atoms with E-state index in [0.29, 0.717) is 30.6 Å². The molecule has 1 saturated heterocycles. The molecule has 6 heteroatoms. The van der Waals surface area contributed by atoms with Gasteiger partial charge in [-0.05, 0) is 55.0 Å². The highest BCUT2D eigenvalue weighted by Crippen LogP contribution is 2.33. The third kappa shape index (κ3) is 4.38. The summed E-state index contributed by atoms with van der Waals surface area (Å²) >= 11 is 0. The zero-order valence-electron chi connectivity index (χ0n) is 17.7. The average molecular weight is 408 g/mol. The van der Waals surface area contributed by atoms with Crippen molar-refractivity contribution in [2.45, 2.75) is 52.6 Å². The number of aromatic nitrogens is 1. The van der Waals surface area contributed by atoms with Crippen LogP contribution in [0.3, 0.4) is 0 Å². The molecule has 1 amide bonds. The second kappa shape index (κ2) is 8.19. The monoisotopic (exact) mass is 407 g/mol. The smallest absolute Gasteiger partial charge is 0.261 e. The summed E-state index contributed by atoms with van der Waals surface area (Å²) < 4.78 is 0. The number of Topliss-reactive ketones (excluding diaryl/α,β-unsaturated/α-hetero) is 1. The van der Waals surface area contributed by atoms with Gasteiger partial charge in [0.2, 0.25) is 0 Å². The Kier molecular flexibility index (Phi) is 5.60. The molecular weight excluding hydrogens is 378 g/mol. The topological polar surface area (TPSA) is 82.3 Å². The molecule has 2 aromatic rings. The Balaban J connectivity index is 1.50. The van der Waals surface area contributed by atoms with Gasteiger partial charge in [-0.1, -0.05) is 38.1 Å². The minimum atomic E-state index is -0.451. The molecule has 6 nitrogen and oxygen atoms in total. The number of hydrogen-bond acceptors (Lipinski definition) is 4. The van der Waals surface area contributed by atoms with Crippen LogP contribution in [0.4, 0.5) is 0 Å². The van der Waals surface area contributed by atoms with E-state index < -0.39 is 11.5 Å². The molecule has 1 aromatic heterocycles. The maximum absolute atomic E-state index is 12.8. The van der Waals surface area contributed by atoms with Crippen molar-refractivity contribution in [2.24, 2.45) is 5.41 Å². The van der Waals surface area contributed by atoms with Gasteiger partial charge in [-0.15, -0.1) is 0 Å². The number of rotatable bonds is 5. The Morgan fingerprint density at radius 3 is 2.53 bits per heavy atom. The van der Waals surface area contributed by atoms with E-state index in [1.807, 2.05) is 32.0 Å². The van der Waals surface area contributed by atoms with Crippen molar-refractivity contribution >= 4 is 11.7 Å². The first-order valence-corrected chi connectivity index (χ1v) is 10.7. The summed E-state index contributed by atoms with van der Waals surface area (Å²) in [5, 5.41) is 2.87. The lowest BCUT2D eigenvalue weighted by Gasteiger charge is -2.29. The Bertz CT molecular complexity index is 1030. The molecule has 0 radical (unpaired) electrons. The van der Waals surface area contributed by atoms with Crippen LogP contribution in [0.1, 0.15) is 70.6 Å². The first-order valence-electron chi connectivity index (χ1n) is 10.7. The van der Waals surface area contributed by atoms with Crippen LogP contribution in [0.25, 0.3) is 0 Å². The fourth-order valence-electron chi connectivity index (χ4n) is 4.53. The number of nitrogens with zero attached hydrogens (tertiary/aromatic N) is 1. The quantitative estimate of drug-likeness (QED) is 0.798. The number of nitrogens with one attached hydrogen (secondary N) is 2. The number of amides is 1. The van der Waals surface area contributed by atoms with Crippen LogP contribution >= 0.6 is 0 Å². The number of H-pyrrole nitrogens is 1. The number of pyridine rings is 1. The minimum Gasteiger partial charge on any atom is -0.348 e. The lowest BCUT2D eigenvalue weighted by Crippen LogP contribution is -2.34. The maximum Gasteiger partial charge on any atom is 0.261 e. The molecule has 0 atom stereocenters. The van der Waals surface area contributed by atoms with Crippen LogP contribution in [0.5, 0.6) is 0 Å². The standard InChI is InChI=1S/C24H29N3O3/c1-24(2)12-20-18(21(28)13-24)11-19(23(30)26-20)22(29)25-14-16-7-3-4-8-17(16)15-27-9-5-6-10-27/h3-4,7-8,11H,5-6,9-10,12-15H2,1-2H3,(H,25,29)(H,26,30). The molecule has 2 heterocycles. The lowest BCUT2D eigenvalue weighted by atomic mass is 9.75. The number of aromatic amines is 1. The maximum atomic E-state index is 12.8. The van der Waals surface area contributed by atoms with Crippen molar-refractivity contribution in [1.82, 2.24) is 15.2 Å². The van der Waals surface area contributed by atoms with Crippen molar-refractivity contribution < 1.29 is 9.59 Å². The van der Waals surface area contributed by atoms with Crippen LogP contribution in [0, 0.1) is 5.41 Å². The van der Waals surface area contributed by atoms with Crippen LogP contribution in [0.2, 0.25) is 0 Å². The average Bonchev–Trinajstić information content (AvgIpc) is 3.19. The second-order valence-electron chi connectivity index (χ2n) is 9.28. The number of benzene rings is 1. The molecule has 1 aliphatic carbocycles. The Hall–Kier alpha value is -2.73. The molecule has 1 aliphatic heterocycles. The number of carbonyl (C=O) groups is 2. The molecule has 1 fully saturated rings. The van der Waals surface area contributed by atoms with Gasteiger partial charge < -0.3 is 10.3 Å². The fourth-order valence-corrected chi connectivity index (χ4v) is 4.53. The van der Waals surface area contributed by atoms with Crippen molar-refractivity contribution in [1.29, 1.82) is 0 Å². The summed E-state index contributed by atoms with van der Waals surface area (Å²) in [6.07, 6.45) is 3.50. The normalized spacial score (nSPS) is 18.3. The number of carbonyl (C=O) groups excluding carboxylic acids is 2. The van der Waals surface area contributed by atoms with Gasteiger partial charge >= 0.3 is 0 Å². The Morgan fingerprint density at radius 2 is 1.80 bits per heavy atom. The summed E-state index contributed by atoms with van der Waals surface area (Å²) in [6, 6.07) is 9.54. The van der Waals surface area contributed by atoms with E-state index in [4.69, 9.17) is 0 Å². The van der Waals surface area contributed by atoms with Gasteiger partial charge in [-0.25, -0.2) is 0 Å². The first kappa shape index (κ1) is 20.5. The molecule has 30 heavy (non-hydrogen) atoms. The third-order valence-electron chi connectivity index (χ3n) is 6.11. The summed E-state index contributed by atoms with van der Waals surface area (Å²) in [6.45, 7) is 7.45. The molecular formula is C24H29N3O3. The molecule has 0 saturated carbocycles. The summed E-state index contributed by atoms with van der Waals surface area (Å²) in [5.41, 5.74) is 2.71. The molecule has 158 valence electrons. The van der Waals surface area contributed by atoms with Gasteiger partial charge in [0.25, 0.3) is 11.5 Å². The molecule has 0 spiro atoms. The number of ketones is 1. The lowest BCUT2D eigenvalue weighted by molar-refractivity contribution is 0.0910. The van der Waals surface area contributed by atoms with Crippen LogP contribution in [-0.4, -0.2) is 34.7 Å². The first-order chi connectivity index (χ1) is 14.3. The third-order valence-corrected chi connectivity index (χ3v) is 6.11. The summed E-state index contributed by atoms with van der Waals surface area (Å²) in [4.78, 5) is 43.0. The predicted molar refractivity (Wildman–Crippen MR) is 116 cm³/mol. The van der Waals surface area contributed by atoms with Crippen molar-refractivity contribution in [2.75, 3.05) is 13.1 Å². The molecule has 0 bridgehead atoms. The van der Waals surface area contributed by atoms with E-state index in [0.717, 1.165) is 25.2 Å². The summed E-state index contributed by atoms with van der Waals surface area (Å²) in [7, 11) is 0. The van der Waals surface area contributed by atoms with Crippen molar-refractivity contribution in [3.8, 4) is 0 Å². The van der Waals surface area contributed by atoms with Crippen LogP contribution in [-0.2, 0) is 19.5 Å². The van der Waals surface area contributed by atoms with Gasteiger partial charge in [0.05, 0.1) is 0 Å². The molecule has 0 unspecified atom stereocenters. The van der Waals surface area contributed by atoms with Crippen molar-refractivity contribution in [3.63, 3.8) is 0 Å². The molecule has 2 N–H and O–H groups in total. The van der Waals surface area contributed by atoms with Gasteiger partial charge in [0, 0.05) is 30.8 Å². The van der Waals surface area contributed by atoms with E-state index in [-0.39, 0.29) is 16.8 Å². The van der Waals surface area contributed by atoms with E-state index in [1.165, 1.54) is 24.5 Å². The van der Waals surface area contributed by atoms with Crippen LogP contribution in [0.15, 0.2) is 35.1 Å².